The molecular weight excluding hydrogens is 320 g/mol. The van der Waals surface area contributed by atoms with Crippen LogP contribution in [0.2, 0.25) is 0 Å². The SMILES string of the molecule is COC(=O)CCN(CC(c1ccc(OC)cc1)N(C)C)C(=O)C(C)C. The molecule has 0 spiro atoms. The van der Waals surface area contributed by atoms with Gasteiger partial charge in [0.25, 0.3) is 0 Å². The number of likely N-dealkylation sites (N-methyl/N-ethyl adjacent to an activating group) is 1. The highest BCUT2D eigenvalue weighted by atomic mass is 16.5. The lowest BCUT2D eigenvalue weighted by Gasteiger charge is -2.32. The number of nitrogens with zero attached hydrogens (tertiary/aromatic N) is 2. The highest BCUT2D eigenvalue weighted by molar-refractivity contribution is 5.79. The minimum absolute atomic E-state index is 0.0197. The molecule has 6 heteroatoms. The van der Waals surface area contributed by atoms with Crippen molar-refractivity contribution in [3.8, 4) is 5.75 Å². The van der Waals surface area contributed by atoms with Gasteiger partial charge < -0.3 is 19.3 Å². The van der Waals surface area contributed by atoms with Gasteiger partial charge in [0.2, 0.25) is 5.91 Å². The Morgan fingerprint density at radius 2 is 1.68 bits per heavy atom. The summed E-state index contributed by atoms with van der Waals surface area (Å²) in [6, 6.07) is 7.85. The minimum atomic E-state index is -0.313. The molecule has 0 radical (unpaired) electrons. The molecule has 140 valence electrons. The van der Waals surface area contributed by atoms with Gasteiger partial charge in [0.1, 0.15) is 5.75 Å². The average Bonchev–Trinajstić information content (AvgIpc) is 2.60. The normalized spacial score (nSPS) is 12.2. The first-order chi connectivity index (χ1) is 11.8. The van der Waals surface area contributed by atoms with Crippen LogP contribution in [0.4, 0.5) is 0 Å². The summed E-state index contributed by atoms with van der Waals surface area (Å²) in [7, 11) is 6.95. The topological polar surface area (TPSA) is 59.1 Å². The van der Waals surface area contributed by atoms with E-state index < -0.39 is 0 Å². The average molecular weight is 350 g/mol. The fourth-order valence-corrected chi connectivity index (χ4v) is 2.59. The number of esters is 1. The number of ether oxygens (including phenoxy) is 2. The van der Waals surface area contributed by atoms with Crippen LogP contribution in [0.25, 0.3) is 0 Å². The molecule has 0 saturated heterocycles. The second-order valence-corrected chi connectivity index (χ2v) is 6.52. The van der Waals surface area contributed by atoms with Crippen LogP contribution < -0.4 is 4.74 Å². The second-order valence-electron chi connectivity index (χ2n) is 6.52. The van der Waals surface area contributed by atoms with Crippen molar-refractivity contribution in [1.82, 2.24) is 9.80 Å². The van der Waals surface area contributed by atoms with E-state index in [0.29, 0.717) is 13.1 Å². The fraction of sp³-hybridized carbons (Fsp3) is 0.579. The van der Waals surface area contributed by atoms with Crippen LogP contribution in [0.5, 0.6) is 5.75 Å². The highest BCUT2D eigenvalue weighted by Gasteiger charge is 2.24. The zero-order chi connectivity index (χ0) is 19.0. The molecular formula is C19H30N2O4. The lowest BCUT2D eigenvalue weighted by atomic mass is 10.0. The Bertz CT molecular complexity index is 555. The fourth-order valence-electron chi connectivity index (χ4n) is 2.59. The summed E-state index contributed by atoms with van der Waals surface area (Å²) in [4.78, 5) is 27.9. The van der Waals surface area contributed by atoms with Gasteiger partial charge >= 0.3 is 5.97 Å². The Morgan fingerprint density at radius 1 is 1.08 bits per heavy atom. The van der Waals surface area contributed by atoms with Crippen LogP contribution in [-0.4, -0.2) is 63.1 Å². The summed E-state index contributed by atoms with van der Waals surface area (Å²) in [5.74, 6) is 0.384. The molecule has 0 bridgehead atoms. The Hall–Kier alpha value is -2.08. The van der Waals surface area contributed by atoms with Crippen molar-refractivity contribution in [3.63, 3.8) is 0 Å². The summed E-state index contributed by atoms with van der Waals surface area (Å²) < 4.78 is 9.91. The molecule has 0 saturated carbocycles. The Balaban J connectivity index is 2.97. The zero-order valence-electron chi connectivity index (χ0n) is 16.1. The van der Waals surface area contributed by atoms with E-state index in [1.807, 2.05) is 52.2 Å². The maximum Gasteiger partial charge on any atom is 0.307 e. The van der Waals surface area contributed by atoms with Crippen LogP contribution >= 0.6 is 0 Å². The van der Waals surface area contributed by atoms with Crippen molar-refractivity contribution >= 4 is 11.9 Å². The molecule has 1 aromatic rings. The molecule has 0 fully saturated rings. The van der Waals surface area contributed by atoms with Gasteiger partial charge in [-0.15, -0.1) is 0 Å². The van der Waals surface area contributed by atoms with Crippen molar-refractivity contribution < 1.29 is 19.1 Å². The van der Waals surface area contributed by atoms with Crippen molar-refractivity contribution in [2.45, 2.75) is 26.3 Å². The quantitative estimate of drug-likeness (QED) is 0.640. The molecule has 1 aromatic carbocycles. The molecule has 1 unspecified atom stereocenters. The van der Waals surface area contributed by atoms with E-state index in [2.05, 4.69) is 4.90 Å². The number of methoxy groups -OCH3 is 2. The Morgan fingerprint density at radius 3 is 2.12 bits per heavy atom. The molecule has 0 aliphatic heterocycles. The number of carbonyl (C=O) groups is 2. The molecule has 1 atom stereocenters. The number of rotatable bonds is 9. The summed E-state index contributed by atoms with van der Waals surface area (Å²) in [6.45, 7) is 4.59. The Labute approximate surface area is 150 Å². The van der Waals surface area contributed by atoms with Crippen LogP contribution in [-0.2, 0) is 14.3 Å². The van der Waals surface area contributed by atoms with E-state index in [4.69, 9.17) is 9.47 Å². The van der Waals surface area contributed by atoms with Crippen molar-refractivity contribution in [2.24, 2.45) is 5.92 Å². The van der Waals surface area contributed by atoms with Crippen LogP contribution in [0.3, 0.4) is 0 Å². The maximum absolute atomic E-state index is 12.6. The van der Waals surface area contributed by atoms with Crippen LogP contribution in [0, 0.1) is 5.92 Å². The molecule has 0 aromatic heterocycles. The maximum atomic E-state index is 12.6. The van der Waals surface area contributed by atoms with Gasteiger partial charge in [0.05, 0.1) is 26.7 Å². The molecule has 25 heavy (non-hydrogen) atoms. The number of amides is 1. The Kier molecular flexibility index (Phi) is 8.41. The number of benzene rings is 1. The summed E-state index contributed by atoms with van der Waals surface area (Å²) >= 11 is 0. The number of carbonyl (C=O) groups excluding carboxylic acids is 2. The van der Waals surface area contributed by atoms with Gasteiger partial charge in [-0.3, -0.25) is 9.59 Å². The first kappa shape index (κ1) is 21.0. The van der Waals surface area contributed by atoms with E-state index in [1.54, 1.807) is 12.0 Å². The lowest BCUT2D eigenvalue weighted by molar-refractivity contribution is -0.142. The minimum Gasteiger partial charge on any atom is -0.497 e. The molecule has 0 N–H and O–H groups in total. The number of hydrogen-bond acceptors (Lipinski definition) is 5. The zero-order valence-corrected chi connectivity index (χ0v) is 16.1. The second kappa shape index (κ2) is 10.0. The van der Waals surface area contributed by atoms with Gasteiger partial charge in [0, 0.05) is 19.0 Å². The monoisotopic (exact) mass is 350 g/mol. The van der Waals surface area contributed by atoms with Gasteiger partial charge in [-0.25, -0.2) is 0 Å². The smallest absolute Gasteiger partial charge is 0.307 e. The molecule has 0 heterocycles. The van der Waals surface area contributed by atoms with Crippen LogP contribution in [0.1, 0.15) is 31.9 Å². The molecule has 1 rings (SSSR count). The third-order valence-corrected chi connectivity index (χ3v) is 4.14. The predicted molar refractivity (Wildman–Crippen MR) is 97.5 cm³/mol. The third-order valence-electron chi connectivity index (χ3n) is 4.14. The van der Waals surface area contributed by atoms with E-state index in [0.717, 1.165) is 11.3 Å². The van der Waals surface area contributed by atoms with E-state index >= 15 is 0 Å². The first-order valence-electron chi connectivity index (χ1n) is 8.46. The van der Waals surface area contributed by atoms with Gasteiger partial charge in [-0.1, -0.05) is 26.0 Å². The summed E-state index contributed by atoms with van der Waals surface area (Å²) in [6.07, 6.45) is 0.192. The highest BCUT2D eigenvalue weighted by Crippen LogP contribution is 2.23. The largest absolute Gasteiger partial charge is 0.497 e. The lowest BCUT2D eigenvalue weighted by Crippen LogP contribution is -2.41. The van der Waals surface area contributed by atoms with Gasteiger partial charge in [0.15, 0.2) is 0 Å². The standard InChI is InChI=1S/C19H30N2O4/c1-14(2)19(23)21(12-11-18(22)25-6)13-17(20(3)4)15-7-9-16(24-5)10-8-15/h7-10,14,17H,11-13H2,1-6H3. The third kappa shape index (κ3) is 6.38. The van der Waals surface area contributed by atoms with E-state index in [9.17, 15) is 9.59 Å². The molecule has 0 aliphatic carbocycles. The van der Waals surface area contributed by atoms with E-state index in [1.165, 1.54) is 7.11 Å². The van der Waals surface area contributed by atoms with Crippen LogP contribution in [0.15, 0.2) is 24.3 Å². The molecule has 1 amide bonds. The van der Waals surface area contributed by atoms with Gasteiger partial charge in [-0.2, -0.15) is 0 Å². The molecule has 0 aliphatic rings. The predicted octanol–water partition coefficient (Wildman–Crippen LogP) is 2.35. The summed E-state index contributed by atoms with van der Waals surface area (Å²) in [5.41, 5.74) is 1.09. The summed E-state index contributed by atoms with van der Waals surface area (Å²) in [5, 5.41) is 0. The van der Waals surface area contributed by atoms with E-state index in [-0.39, 0.29) is 30.3 Å². The van der Waals surface area contributed by atoms with Crippen molar-refractivity contribution in [2.75, 3.05) is 41.4 Å². The van der Waals surface area contributed by atoms with Crippen molar-refractivity contribution in [1.29, 1.82) is 0 Å². The van der Waals surface area contributed by atoms with Gasteiger partial charge in [-0.05, 0) is 31.8 Å². The first-order valence-corrected chi connectivity index (χ1v) is 8.46. The number of hydrogen-bond donors (Lipinski definition) is 0. The molecule has 6 nitrogen and oxygen atoms in total. The van der Waals surface area contributed by atoms with Crippen molar-refractivity contribution in [3.05, 3.63) is 29.8 Å².